The zero-order chi connectivity index (χ0) is 8.17. The Morgan fingerprint density at radius 2 is 1.91 bits per heavy atom. The summed E-state index contributed by atoms with van der Waals surface area (Å²) in [5.41, 5.74) is 0. The van der Waals surface area contributed by atoms with Crippen LogP contribution in [-0.4, -0.2) is 17.0 Å². The van der Waals surface area contributed by atoms with Crippen LogP contribution < -0.4 is 0 Å². The Balaban J connectivity index is 2.22. The highest BCUT2D eigenvalue weighted by molar-refractivity contribution is 5.90. The number of carbonyl (C=O) groups excluding carboxylic acids is 1. The van der Waals surface area contributed by atoms with Gasteiger partial charge in [-0.1, -0.05) is 13.8 Å². The molecule has 0 heterocycles. The molecule has 0 aromatic heterocycles. The van der Waals surface area contributed by atoms with E-state index in [0.717, 1.165) is 6.42 Å². The van der Waals surface area contributed by atoms with Crippen LogP contribution in [0.15, 0.2) is 0 Å². The van der Waals surface area contributed by atoms with Gasteiger partial charge in [0.05, 0.1) is 6.10 Å². The number of aliphatic hydroxyl groups is 1. The van der Waals surface area contributed by atoms with E-state index in [1.54, 1.807) is 0 Å². The van der Waals surface area contributed by atoms with Crippen molar-refractivity contribution in [3.05, 3.63) is 0 Å². The summed E-state index contributed by atoms with van der Waals surface area (Å²) in [6.45, 7) is 4.12. The van der Waals surface area contributed by atoms with E-state index < -0.39 is 0 Å². The summed E-state index contributed by atoms with van der Waals surface area (Å²) in [5.74, 6) is 1.28. The molecule has 3 saturated carbocycles. The van der Waals surface area contributed by atoms with Crippen LogP contribution >= 0.6 is 0 Å². The maximum Gasteiger partial charge on any atom is 0.141 e. The summed E-state index contributed by atoms with van der Waals surface area (Å²) in [5, 5.41) is 9.60. The van der Waals surface area contributed by atoms with E-state index in [2.05, 4.69) is 6.92 Å². The summed E-state index contributed by atoms with van der Waals surface area (Å²) in [7, 11) is 0. The summed E-state index contributed by atoms with van der Waals surface area (Å²) in [4.78, 5) is 11.3. The van der Waals surface area contributed by atoms with E-state index in [1.807, 2.05) is 6.92 Å². The van der Waals surface area contributed by atoms with Gasteiger partial charge < -0.3 is 5.11 Å². The first-order chi connectivity index (χ1) is 5.13. The molecule has 0 saturated heterocycles. The van der Waals surface area contributed by atoms with Crippen LogP contribution in [0.3, 0.4) is 0 Å². The average molecular weight is 154 g/mol. The third kappa shape index (κ3) is 0.734. The van der Waals surface area contributed by atoms with Crippen molar-refractivity contribution in [3.63, 3.8) is 0 Å². The van der Waals surface area contributed by atoms with Crippen molar-refractivity contribution in [2.45, 2.75) is 26.4 Å². The molecule has 0 radical (unpaired) electrons. The number of rotatable bonds is 0. The molecular weight excluding hydrogens is 140 g/mol. The zero-order valence-electron chi connectivity index (χ0n) is 6.95. The van der Waals surface area contributed by atoms with Gasteiger partial charge in [0.1, 0.15) is 5.78 Å². The van der Waals surface area contributed by atoms with Crippen LogP contribution in [0, 0.1) is 23.7 Å². The van der Waals surface area contributed by atoms with Crippen LogP contribution in [0.5, 0.6) is 0 Å². The molecule has 3 rings (SSSR count). The van der Waals surface area contributed by atoms with Crippen LogP contribution in [-0.2, 0) is 4.79 Å². The Kier molecular flexibility index (Phi) is 1.37. The molecule has 2 bridgehead atoms. The van der Waals surface area contributed by atoms with Crippen LogP contribution in [0.1, 0.15) is 20.3 Å². The van der Waals surface area contributed by atoms with Crippen molar-refractivity contribution >= 4 is 5.78 Å². The quantitative estimate of drug-likeness (QED) is 0.561. The van der Waals surface area contributed by atoms with E-state index in [4.69, 9.17) is 0 Å². The Labute approximate surface area is 66.6 Å². The maximum atomic E-state index is 11.3. The molecule has 0 amide bonds. The molecule has 2 nitrogen and oxygen atoms in total. The van der Waals surface area contributed by atoms with Crippen LogP contribution in [0.2, 0.25) is 0 Å². The highest BCUT2D eigenvalue weighted by atomic mass is 16.3. The second-order valence-corrected chi connectivity index (χ2v) is 4.06. The number of aliphatic hydroxyl groups excluding tert-OH is 1. The number of Topliss-reactive ketones (excluding diaryl/α,β-unsaturated/α-hetero) is 1. The molecule has 3 aliphatic rings. The van der Waals surface area contributed by atoms with Gasteiger partial charge in [-0.2, -0.15) is 0 Å². The number of carbonyl (C=O) groups is 1. The van der Waals surface area contributed by atoms with Gasteiger partial charge in [-0.05, 0) is 18.3 Å². The van der Waals surface area contributed by atoms with E-state index in [1.165, 1.54) is 0 Å². The van der Waals surface area contributed by atoms with Crippen molar-refractivity contribution in [3.8, 4) is 0 Å². The first-order valence-corrected chi connectivity index (χ1v) is 4.34. The summed E-state index contributed by atoms with van der Waals surface area (Å²) < 4.78 is 0. The van der Waals surface area contributed by atoms with Gasteiger partial charge in [0.25, 0.3) is 0 Å². The van der Waals surface area contributed by atoms with Gasteiger partial charge in [-0.15, -0.1) is 0 Å². The molecule has 3 fully saturated rings. The lowest BCUT2D eigenvalue weighted by Gasteiger charge is -2.50. The first-order valence-electron chi connectivity index (χ1n) is 4.34. The Morgan fingerprint density at radius 1 is 1.27 bits per heavy atom. The van der Waals surface area contributed by atoms with E-state index in [-0.39, 0.29) is 17.9 Å². The van der Waals surface area contributed by atoms with Gasteiger partial charge >= 0.3 is 0 Å². The van der Waals surface area contributed by atoms with Crippen LogP contribution in [0.25, 0.3) is 0 Å². The van der Waals surface area contributed by atoms with Gasteiger partial charge in [0.2, 0.25) is 0 Å². The highest BCUT2D eigenvalue weighted by Crippen LogP contribution is 2.48. The monoisotopic (exact) mass is 154 g/mol. The van der Waals surface area contributed by atoms with Gasteiger partial charge in [-0.25, -0.2) is 0 Å². The maximum absolute atomic E-state index is 11.3. The SMILES string of the molecule is CC1C2CC(C2=O)C(O)C1C. The fourth-order valence-corrected chi connectivity index (χ4v) is 2.45. The lowest BCUT2D eigenvalue weighted by molar-refractivity contribution is -0.161. The Hall–Kier alpha value is -0.370. The molecular formula is C9H14O2. The molecule has 3 aliphatic carbocycles. The number of hydrogen-bond donors (Lipinski definition) is 1. The van der Waals surface area contributed by atoms with Crippen molar-refractivity contribution in [1.29, 1.82) is 0 Å². The molecule has 2 heteroatoms. The van der Waals surface area contributed by atoms with Gasteiger partial charge in [-0.3, -0.25) is 4.79 Å². The minimum Gasteiger partial charge on any atom is -0.392 e. The number of fused-ring (bicyclic) bond motifs is 2. The average Bonchev–Trinajstić information content (AvgIpc) is 1.97. The fourth-order valence-electron chi connectivity index (χ4n) is 2.45. The molecule has 1 N–H and O–H groups in total. The summed E-state index contributed by atoms with van der Waals surface area (Å²) >= 11 is 0. The van der Waals surface area contributed by atoms with Crippen molar-refractivity contribution < 1.29 is 9.90 Å². The minimum atomic E-state index is -0.359. The van der Waals surface area contributed by atoms with Crippen molar-refractivity contribution in [2.24, 2.45) is 23.7 Å². The first kappa shape index (κ1) is 7.29. The highest BCUT2D eigenvalue weighted by Gasteiger charge is 2.54. The summed E-state index contributed by atoms with van der Waals surface area (Å²) in [6, 6.07) is 0. The van der Waals surface area contributed by atoms with Crippen molar-refractivity contribution in [2.75, 3.05) is 0 Å². The topological polar surface area (TPSA) is 37.3 Å². The molecule has 5 atom stereocenters. The molecule has 0 aromatic carbocycles. The third-order valence-electron chi connectivity index (χ3n) is 3.65. The molecule has 62 valence electrons. The third-order valence-corrected chi connectivity index (χ3v) is 3.65. The van der Waals surface area contributed by atoms with Crippen LogP contribution in [0.4, 0.5) is 0 Å². The number of ketones is 1. The summed E-state index contributed by atoms with van der Waals surface area (Å²) in [6.07, 6.45) is 0.577. The zero-order valence-corrected chi connectivity index (χ0v) is 6.95. The Morgan fingerprint density at radius 3 is 2.36 bits per heavy atom. The second-order valence-electron chi connectivity index (χ2n) is 4.06. The molecule has 0 aliphatic heterocycles. The van der Waals surface area contributed by atoms with E-state index >= 15 is 0 Å². The van der Waals surface area contributed by atoms with Gasteiger partial charge in [0, 0.05) is 11.8 Å². The molecule has 0 aromatic rings. The van der Waals surface area contributed by atoms with E-state index in [9.17, 15) is 9.90 Å². The molecule has 0 spiro atoms. The van der Waals surface area contributed by atoms with Crippen molar-refractivity contribution in [1.82, 2.24) is 0 Å². The predicted octanol–water partition coefficient (Wildman–Crippen LogP) is 0.838. The van der Waals surface area contributed by atoms with Gasteiger partial charge in [0.15, 0.2) is 0 Å². The predicted molar refractivity (Wildman–Crippen MR) is 40.9 cm³/mol. The lowest BCUT2D eigenvalue weighted by atomic mass is 9.54. The minimum absolute atomic E-state index is 0.00815. The van der Waals surface area contributed by atoms with E-state index in [0.29, 0.717) is 17.6 Å². The molecule has 5 unspecified atom stereocenters. The largest absolute Gasteiger partial charge is 0.392 e. The Bertz CT molecular complexity index is 182. The fraction of sp³-hybridized carbons (Fsp3) is 0.889. The smallest absolute Gasteiger partial charge is 0.141 e. The number of hydrogen-bond acceptors (Lipinski definition) is 2. The lowest BCUT2D eigenvalue weighted by Crippen LogP contribution is -2.57. The standard InChI is InChI=1S/C9H14O2/c1-4-5(2)8(10)7-3-6(4)9(7)11/h4-8,10H,3H2,1-2H3. The normalized spacial score (nSPS) is 55.5. The second kappa shape index (κ2) is 2.07. The molecule has 11 heavy (non-hydrogen) atoms.